The number of hydrogen-bond acceptors (Lipinski definition) is 3. The summed E-state index contributed by atoms with van der Waals surface area (Å²) in [6.07, 6.45) is 0. The quantitative estimate of drug-likeness (QED) is 0.597. The molecule has 0 radical (unpaired) electrons. The molecule has 5 nitrogen and oxygen atoms in total. The number of anilines is 1. The summed E-state index contributed by atoms with van der Waals surface area (Å²) in [6.45, 7) is 0. The van der Waals surface area contributed by atoms with Crippen molar-refractivity contribution >= 4 is 22.6 Å². The maximum absolute atomic E-state index is 10.8. The molecule has 106 valence electrons. The number of pyridine rings is 1. The fraction of sp³-hybridized carbons (Fsp3) is 0. The summed E-state index contributed by atoms with van der Waals surface area (Å²) in [7, 11) is 0. The Morgan fingerprint density at radius 3 is 2.29 bits per heavy atom. The lowest BCUT2D eigenvalue weighted by atomic mass is 10.2. The molecule has 0 spiro atoms. The van der Waals surface area contributed by atoms with Gasteiger partial charge in [0.2, 0.25) is 5.56 Å². The Balaban J connectivity index is 0.000000155. The average molecular weight is 282 g/mol. The molecule has 1 aromatic heterocycles. The van der Waals surface area contributed by atoms with Crippen LogP contribution in [0.2, 0.25) is 0 Å². The number of nitrogens with one attached hydrogen (secondary N) is 1. The lowest BCUT2D eigenvalue weighted by molar-refractivity contribution is 0.0698. The van der Waals surface area contributed by atoms with Crippen molar-refractivity contribution in [2.45, 2.75) is 0 Å². The number of rotatable bonds is 1. The van der Waals surface area contributed by atoms with Crippen LogP contribution in [0, 0.1) is 0 Å². The van der Waals surface area contributed by atoms with Crippen LogP contribution in [0.25, 0.3) is 10.9 Å². The Bertz CT molecular complexity index is 825. The Hall–Kier alpha value is -3.08. The maximum atomic E-state index is 10.8. The predicted octanol–water partition coefficient (Wildman–Crippen LogP) is 2.50. The maximum Gasteiger partial charge on any atom is 0.337 e. The van der Waals surface area contributed by atoms with Gasteiger partial charge in [0.1, 0.15) is 0 Å². The van der Waals surface area contributed by atoms with Gasteiger partial charge in [-0.05, 0) is 29.7 Å². The molecular formula is C16H14N2O3. The van der Waals surface area contributed by atoms with Crippen LogP contribution in [0.5, 0.6) is 0 Å². The van der Waals surface area contributed by atoms with Gasteiger partial charge in [0.15, 0.2) is 0 Å². The van der Waals surface area contributed by atoms with Gasteiger partial charge >= 0.3 is 5.97 Å². The number of carboxylic acid groups (broad SMARTS) is 1. The van der Waals surface area contributed by atoms with Gasteiger partial charge in [-0.15, -0.1) is 0 Å². The van der Waals surface area contributed by atoms with E-state index < -0.39 is 5.97 Å². The first-order chi connectivity index (χ1) is 10.1. The average Bonchev–Trinajstić information content (AvgIpc) is 2.48. The molecule has 3 rings (SSSR count). The van der Waals surface area contributed by atoms with Crippen LogP contribution in [0.15, 0.2) is 65.5 Å². The van der Waals surface area contributed by atoms with Crippen molar-refractivity contribution in [2.75, 3.05) is 5.73 Å². The number of aromatic nitrogens is 1. The van der Waals surface area contributed by atoms with Gasteiger partial charge in [-0.25, -0.2) is 4.79 Å². The molecule has 5 heteroatoms. The van der Waals surface area contributed by atoms with E-state index in [4.69, 9.17) is 10.8 Å². The van der Waals surface area contributed by atoms with Gasteiger partial charge in [0.25, 0.3) is 0 Å². The zero-order valence-corrected chi connectivity index (χ0v) is 11.1. The van der Waals surface area contributed by atoms with Crippen LogP contribution < -0.4 is 11.3 Å². The first-order valence-corrected chi connectivity index (χ1v) is 6.24. The molecule has 0 unspecified atom stereocenters. The van der Waals surface area contributed by atoms with E-state index in [1.165, 1.54) is 12.1 Å². The van der Waals surface area contributed by atoms with Gasteiger partial charge in [-0.1, -0.05) is 30.3 Å². The second-order valence-electron chi connectivity index (χ2n) is 4.30. The van der Waals surface area contributed by atoms with E-state index in [1.807, 2.05) is 30.3 Å². The van der Waals surface area contributed by atoms with Gasteiger partial charge in [0.05, 0.1) is 5.56 Å². The molecule has 1 heterocycles. The minimum atomic E-state index is -0.988. The lowest BCUT2D eigenvalue weighted by Gasteiger charge is -1.96. The molecule has 21 heavy (non-hydrogen) atoms. The van der Waals surface area contributed by atoms with Crippen molar-refractivity contribution in [3.05, 3.63) is 76.6 Å². The third kappa shape index (κ3) is 3.70. The van der Waals surface area contributed by atoms with Crippen molar-refractivity contribution in [3.63, 3.8) is 0 Å². The minimum absolute atomic E-state index is 0.0521. The van der Waals surface area contributed by atoms with Crippen LogP contribution in [0.3, 0.4) is 0 Å². The van der Waals surface area contributed by atoms with Crippen LogP contribution in [0.4, 0.5) is 5.69 Å². The number of carbonyl (C=O) groups is 1. The van der Waals surface area contributed by atoms with Crippen molar-refractivity contribution in [1.29, 1.82) is 0 Å². The molecule has 0 aliphatic heterocycles. The molecule has 0 bridgehead atoms. The van der Waals surface area contributed by atoms with Gasteiger partial charge in [-0.3, -0.25) is 4.79 Å². The molecular weight excluding hydrogens is 268 g/mol. The van der Waals surface area contributed by atoms with E-state index in [0.29, 0.717) is 5.69 Å². The van der Waals surface area contributed by atoms with E-state index in [-0.39, 0.29) is 11.1 Å². The standard InChI is InChI=1S/C9H7NO.C7H7NO2/c11-9-6-5-7-3-1-2-4-8(7)10-9;8-6-4-2-1-3-5(6)7(9)10/h1-6H,(H,10,11);1-4H,8H2,(H,9,10). The van der Waals surface area contributed by atoms with Crippen molar-refractivity contribution < 1.29 is 9.90 Å². The molecule has 0 saturated heterocycles. The zero-order chi connectivity index (χ0) is 15.2. The molecule has 2 aromatic carbocycles. The van der Waals surface area contributed by atoms with E-state index in [2.05, 4.69) is 4.98 Å². The third-order valence-electron chi connectivity index (χ3n) is 2.82. The Kier molecular flexibility index (Phi) is 4.36. The number of para-hydroxylation sites is 2. The highest BCUT2D eigenvalue weighted by molar-refractivity contribution is 5.93. The summed E-state index contributed by atoms with van der Waals surface area (Å²) in [5.74, 6) is -0.988. The van der Waals surface area contributed by atoms with Crippen LogP contribution in [-0.4, -0.2) is 16.1 Å². The highest BCUT2D eigenvalue weighted by Gasteiger charge is 2.03. The SMILES string of the molecule is Nc1ccccc1C(=O)O.O=c1ccc2ccccc2[nH]1. The molecule has 0 atom stereocenters. The topological polar surface area (TPSA) is 96.2 Å². The fourth-order valence-corrected chi connectivity index (χ4v) is 1.79. The van der Waals surface area contributed by atoms with Crippen molar-refractivity contribution in [3.8, 4) is 0 Å². The van der Waals surface area contributed by atoms with Crippen LogP contribution in [0.1, 0.15) is 10.4 Å². The van der Waals surface area contributed by atoms with Crippen molar-refractivity contribution in [1.82, 2.24) is 4.98 Å². The summed E-state index contributed by atoms with van der Waals surface area (Å²) in [4.78, 5) is 23.9. The van der Waals surface area contributed by atoms with E-state index in [0.717, 1.165) is 10.9 Å². The number of carboxylic acids is 1. The monoisotopic (exact) mass is 282 g/mol. The molecule has 0 aliphatic rings. The number of nitrogen functional groups attached to an aromatic ring is 1. The second-order valence-corrected chi connectivity index (χ2v) is 4.30. The van der Waals surface area contributed by atoms with E-state index in [9.17, 15) is 9.59 Å². The fourth-order valence-electron chi connectivity index (χ4n) is 1.79. The Morgan fingerprint density at radius 2 is 1.62 bits per heavy atom. The van der Waals surface area contributed by atoms with Gasteiger partial charge < -0.3 is 15.8 Å². The minimum Gasteiger partial charge on any atom is -0.478 e. The number of hydrogen-bond donors (Lipinski definition) is 3. The molecule has 0 fully saturated rings. The van der Waals surface area contributed by atoms with Gasteiger partial charge in [0, 0.05) is 17.3 Å². The number of aromatic carboxylic acids is 1. The Morgan fingerprint density at radius 1 is 0.952 bits per heavy atom. The van der Waals surface area contributed by atoms with Gasteiger partial charge in [-0.2, -0.15) is 0 Å². The number of nitrogens with two attached hydrogens (primary N) is 1. The zero-order valence-electron chi connectivity index (χ0n) is 11.1. The molecule has 0 aliphatic carbocycles. The third-order valence-corrected chi connectivity index (χ3v) is 2.82. The summed E-state index contributed by atoms with van der Waals surface area (Å²) < 4.78 is 0. The van der Waals surface area contributed by atoms with Crippen LogP contribution >= 0.6 is 0 Å². The first-order valence-electron chi connectivity index (χ1n) is 6.24. The van der Waals surface area contributed by atoms with E-state index in [1.54, 1.807) is 18.2 Å². The normalized spacial score (nSPS) is 9.71. The summed E-state index contributed by atoms with van der Waals surface area (Å²) in [5.41, 5.74) is 6.63. The van der Waals surface area contributed by atoms with Crippen molar-refractivity contribution in [2.24, 2.45) is 0 Å². The van der Waals surface area contributed by atoms with E-state index >= 15 is 0 Å². The summed E-state index contributed by atoms with van der Waals surface area (Å²) >= 11 is 0. The largest absolute Gasteiger partial charge is 0.478 e. The first kappa shape index (κ1) is 14.3. The number of benzene rings is 2. The highest BCUT2D eigenvalue weighted by Crippen LogP contribution is 2.09. The Labute approximate surface area is 120 Å². The lowest BCUT2D eigenvalue weighted by Crippen LogP contribution is -2.01. The molecule has 0 amide bonds. The highest BCUT2D eigenvalue weighted by atomic mass is 16.4. The molecule has 0 saturated carbocycles. The summed E-state index contributed by atoms with van der Waals surface area (Å²) in [5, 5.41) is 9.55. The van der Waals surface area contributed by atoms with Crippen LogP contribution in [-0.2, 0) is 0 Å². The summed E-state index contributed by atoms with van der Waals surface area (Å²) in [6, 6.07) is 17.4. The second kappa shape index (κ2) is 6.38. The molecule has 4 N–H and O–H groups in total. The number of aromatic amines is 1. The molecule has 3 aromatic rings. The smallest absolute Gasteiger partial charge is 0.337 e. The predicted molar refractivity (Wildman–Crippen MR) is 82.4 cm³/mol. The number of H-pyrrole nitrogens is 1. The number of fused-ring (bicyclic) bond motifs is 1.